The van der Waals surface area contributed by atoms with E-state index in [1.807, 2.05) is 12.1 Å². The first-order chi connectivity index (χ1) is 6.36. The van der Waals surface area contributed by atoms with Crippen LogP contribution < -0.4 is 4.74 Å². The second-order valence-electron chi connectivity index (χ2n) is 3.42. The molecule has 0 unspecified atom stereocenters. The van der Waals surface area contributed by atoms with E-state index in [-0.39, 0.29) is 24.8 Å². The van der Waals surface area contributed by atoms with Gasteiger partial charge in [-0.1, -0.05) is 0 Å². The lowest BCUT2D eigenvalue weighted by molar-refractivity contribution is 0.0767. The molecule has 86 valence electrons. The van der Waals surface area contributed by atoms with Crippen molar-refractivity contribution in [2.75, 3.05) is 20.2 Å². The summed E-state index contributed by atoms with van der Waals surface area (Å²) in [5, 5.41) is 0. The van der Waals surface area contributed by atoms with Crippen molar-refractivity contribution in [3.8, 4) is 5.75 Å². The quantitative estimate of drug-likeness (QED) is 0.821. The van der Waals surface area contributed by atoms with Crippen LogP contribution in [0.5, 0.6) is 5.75 Å². The molecule has 1 saturated heterocycles. The van der Waals surface area contributed by atoms with Crippen LogP contribution in [0.2, 0.25) is 0 Å². The standard InChI is InChI=1S/C10H14N2O.2ClH/c1-12-6-4-9(12)8-13-10-3-2-5-11-7-10;;/h2-3,5,7,9H,4,6,8H2,1H3;2*1H/t9-;;/m1../s1. The van der Waals surface area contributed by atoms with Crippen LogP contribution in [0.25, 0.3) is 0 Å². The molecule has 0 saturated carbocycles. The van der Waals surface area contributed by atoms with Crippen molar-refractivity contribution in [1.82, 2.24) is 9.88 Å². The highest BCUT2D eigenvalue weighted by molar-refractivity contribution is 5.85. The number of nitrogens with zero attached hydrogens (tertiary/aromatic N) is 2. The van der Waals surface area contributed by atoms with Gasteiger partial charge in [-0.05, 0) is 32.1 Å². The zero-order valence-corrected chi connectivity index (χ0v) is 10.3. The lowest BCUT2D eigenvalue weighted by Crippen LogP contribution is -2.48. The summed E-state index contributed by atoms with van der Waals surface area (Å²) in [6.45, 7) is 1.98. The van der Waals surface area contributed by atoms with E-state index < -0.39 is 0 Å². The first-order valence-corrected chi connectivity index (χ1v) is 4.59. The average Bonchev–Trinajstić information content (AvgIpc) is 2.17. The summed E-state index contributed by atoms with van der Waals surface area (Å²) < 4.78 is 5.58. The largest absolute Gasteiger partial charge is 0.490 e. The number of pyridine rings is 1. The van der Waals surface area contributed by atoms with Crippen molar-refractivity contribution < 1.29 is 4.74 Å². The van der Waals surface area contributed by atoms with Gasteiger partial charge in [-0.15, -0.1) is 24.8 Å². The van der Waals surface area contributed by atoms with Gasteiger partial charge in [0.2, 0.25) is 0 Å². The maximum Gasteiger partial charge on any atom is 0.137 e. The van der Waals surface area contributed by atoms with Crippen LogP contribution in [-0.2, 0) is 0 Å². The number of hydrogen-bond acceptors (Lipinski definition) is 3. The lowest BCUT2D eigenvalue weighted by atomic mass is 10.1. The molecule has 0 amide bonds. The van der Waals surface area contributed by atoms with E-state index in [1.165, 1.54) is 13.0 Å². The normalized spacial score (nSPS) is 19.4. The minimum absolute atomic E-state index is 0. The molecule has 1 aromatic rings. The van der Waals surface area contributed by atoms with Crippen molar-refractivity contribution in [1.29, 1.82) is 0 Å². The zero-order chi connectivity index (χ0) is 9.10. The SMILES string of the molecule is CN1CC[C@@H]1COc1cccnc1.Cl.Cl. The van der Waals surface area contributed by atoms with E-state index in [9.17, 15) is 0 Å². The molecule has 3 nitrogen and oxygen atoms in total. The third-order valence-corrected chi connectivity index (χ3v) is 2.52. The monoisotopic (exact) mass is 250 g/mol. The highest BCUT2D eigenvalue weighted by atomic mass is 35.5. The Labute approximate surface area is 103 Å². The molecule has 0 spiro atoms. The fraction of sp³-hybridized carbons (Fsp3) is 0.500. The molecule has 1 fully saturated rings. The summed E-state index contributed by atoms with van der Waals surface area (Å²) in [5.74, 6) is 0.864. The summed E-state index contributed by atoms with van der Waals surface area (Å²) >= 11 is 0. The van der Waals surface area contributed by atoms with Crippen molar-refractivity contribution in [3.63, 3.8) is 0 Å². The van der Waals surface area contributed by atoms with E-state index in [2.05, 4.69) is 16.9 Å². The predicted molar refractivity (Wildman–Crippen MR) is 65.3 cm³/mol. The third-order valence-electron chi connectivity index (χ3n) is 2.52. The maximum absolute atomic E-state index is 5.58. The second kappa shape index (κ2) is 6.88. The van der Waals surface area contributed by atoms with Gasteiger partial charge in [-0.25, -0.2) is 0 Å². The summed E-state index contributed by atoms with van der Waals surface area (Å²) in [7, 11) is 2.13. The van der Waals surface area contributed by atoms with Gasteiger partial charge in [0.1, 0.15) is 12.4 Å². The Bertz CT molecular complexity index is 271. The van der Waals surface area contributed by atoms with Gasteiger partial charge in [0.15, 0.2) is 0 Å². The summed E-state index contributed by atoms with van der Waals surface area (Å²) in [5.41, 5.74) is 0. The molecule has 2 rings (SSSR count). The fourth-order valence-electron chi connectivity index (χ4n) is 1.41. The first kappa shape index (κ1) is 14.5. The minimum atomic E-state index is 0. The Morgan fingerprint density at radius 3 is 2.80 bits per heavy atom. The van der Waals surface area contributed by atoms with E-state index in [1.54, 1.807) is 12.4 Å². The zero-order valence-electron chi connectivity index (χ0n) is 8.63. The topological polar surface area (TPSA) is 25.4 Å². The summed E-state index contributed by atoms with van der Waals surface area (Å²) in [6.07, 6.45) is 4.75. The molecule has 15 heavy (non-hydrogen) atoms. The van der Waals surface area contributed by atoms with Gasteiger partial charge in [-0.2, -0.15) is 0 Å². The van der Waals surface area contributed by atoms with E-state index >= 15 is 0 Å². The first-order valence-electron chi connectivity index (χ1n) is 4.59. The van der Waals surface area contributed by atoms with Crippen molar-refractivity contribution in [3.05, 3.63) is 24.5 Å². The molecule has 1 aliphatic heterocycles. The number of aromatic nitrogens is 1. The molecule has 0 bridgehead atoms. The van der Waals surface area contributed by atoms with Crippen molar-refractivity contribution in [2.45, 2.75) is 12.5 Å². The highest BCUT2D eigenvalue weighted by Crippen LogP contribution is 2.16. The number of likely N-dealkylation sites (tertiary alicyclic amines) is 1. The van der Waals surface area contributed by atoms with E-state index in [4.69, 9.17) is 4.74 Å². The van der Waals surface area contributed by atoms with Crippen molar-refractivity contribution >= 4 is 24.8 Å². The lowest BCUT2D eigenvalue weighted by Gasteiger charge is -2.37. The van der Waals surface area contributed by atoms with Crippen LogP contribution in [0.4, 0.5) is 0 Å². The minimum Gasteiger partial charge on any atom is -0.490 e. The van der Waals surface area contributed by atoms with Gasteiger partial charge < -0.3 is 4.74 Å². The number of halogens is 2. The Morgan fingerprint density at radius 1 is 1.53 bits per heavy atom. The van der Waals surface area contributed by atoms with Crippen LogP contribution in [0.3, 0.4) is 0 Å². The molecule has 1 aliphatic rings. The summed E-state index contributed by atoms with van der Waals surface area (Å²) in [4.78, 5) is 6.29. The number of ether oxygens (including phenoxy) is 1. The maximum atomic E-state index is 5.58. The fourth-order valence-corrected chi connectivity index (χ4v) is 1.41. The molecule has 1 aromatic heterocycles. The van der Waals surface area contributed by atoms with E-state index in [0.717, 1.165) is 12.4 Å². The second-order valence-corrected chi connectivity index (χ2v) is 3.42. The predicted octanol–water partition coefficient (Wildman–Crippen LogP) is 2.01. The van der Waals surface area contributed by atoms with Crippen LogP contribution >= 0.6 is 24.8 Å². The Hall–Kier alpha value is -0.510. The van der Waals surface area contributed by atoms with E-state index in [0.29, 0.717) is 6.04 Å². The number of hydrogen-bond donors (Lipinski definition) is 0. The molecule has 0 aromatic carbocycles. The van der Waals surface area contributed by atoms with Gasteiger partial charge in [0, 0.05) is 12.2 Å². The summed E-state index contributed by atoms with van der Waals surface area (Å²) in [6, 6.07) is 4.42. The molecule has 2 heterocycles. The van der Waals surface area contributed by atoms with Gasteiger partial charge in [0.05, 0.1) is 6.20 Å². The van der Waals surface area contributed by atoms with Gasteiger partial charge in [-0.3, -0.25) is 9.88 Å². The molecule has 1 atom stereocenters. The van der Waals surface area contributed by atoms with Crippen LogP contribution in [0, 0.1) is 0 Å². The molecule has 0 radical (unpaired) electrons. The number of likely N-dealkylation sites (N-methyl/N-ethyl adjacent to an activating group) is 1. The number of rotatable bonds is 3. The molecule has 0 aliphatic carbocycles. The Balaban J connectivity index is 0.000000980. The Kier molecular flexibility index (Phi) is 6.65. The van der Waals surface area contributed by atoms with Crippen LogP contribution in [0.15, 0.2) is 24.5 Å². The highest BCUT2D eigenvalue weighted by Gasteiger charge is 2.24. The van der Waals surface area contributed by atoms with Crippen LogP contribution in [0.1, 0.15) is 6.42 Å². The van der Waals surface area contributed by atoms with Gasteiger partial charge >= 0.3 is 0 Å². The molecular weight excluding hydrogens is 235 g/mol. The van der Waals surface area contributed by atoms with Gasteiger partial charge in [0.25, 0.3) is 0 Å². The molecule has 5 heteroatoms. The van der Waals surface area contributed by atoms with Crippen LogP contribution in [-0.4, -0.2) is 36.1 Å². The third kappa shape index (κ3) is 3.86. The van der Waals surface area contributed by atoms with Crippen molar-refractivity contribution in [2.24, 2.45) is 0 Å². The Morgan fingerprint density at radius 2 is 2.33 bits per heavy atom. The molecule has 0 N–H and O–H groups in total. The average molecular weight is 251 g/mol. The molecular formula is C10H16Cl2N2O. The smallest absolute Gasteiger partial charge is 0.137 e.